The van der Waals surface area contributed by atoms with E-state index in [-0.39, 0.29) is 36.6 Å². The van der Waals surface area contributed by atoms with Gasteiger partial charge in [0.1, 0.15) is 6.10 Å². The molecule has 3 atom stereocenters. The Bertz CT molecular complexity index is 1000. The number of rotatable bonds is 13. The Hall–Kier alpha value is -1.92. The first kappa shape index (κ1) is 32.5. The fraction of sp³-hybridized carbons (Fsp3) is 0.784. The zero-order chi connectivity index (χ0) is 30.1. The number of hydrogen-bond acceptors (Lipinski definition) is 5. The molecule has 5 aliphatic rings. The van der Waals surface area contributed by atoms with Gasteiger partial charge in [-0.25, -0.2) is 4.99 Å². The number of nitrogens with zero attached hydrogens (tertiary/aromatic N) is 2. The van der Waals surface area contributed by atoms with Crippen molar-refractivity contribution in [2.75, 3.05) is 26.3 Å². The SMILES string of the molecule is C=C/C=C(/CCC)C1CN(CC2CCCCC2)C(=O)C2(C=CC3CCCCC3)N=C(C3CCC(OCCCO)CC3)O[C@H]12. The molecule has 0 aromatic carbocycles. The van der Waals surface area contributed by atoms with Gasteiger partial charge in [0.25, 0.3) is 5.91 Å². The molecule has 5 rings (SSSR count). The van der Waals surface area contributed by atoms with Gasteiger partial charge in [0.05, 0.1) is 6.10 Å². The first-order valence-electron chi connectivity index (χ1n) is 17.9. The molecular weight excluding hydrogens is 536 g/mol. The van der Waals surface area contributed by atoms with Crippen LogP contribution in [0.25, 0.3) is 0 Å². The van der Waals surface area contributed by atoms with Crippen LogP contribution in [0.5, 0.6) is 0 Å². The highest BCUT2D eigenvalue weighted by molar-refractivity contribution is 5.97. The molecule has 0 aromatic heterocycles. The Kier molecular flexibility index (Phi) is 12.0. The number of amides is 1. The predicted molar refractivity (Wildman–Crippen MR) is 174 cm³/mol. The molecule has 0 aromatic rings. The van der Waals surface area contributed by atoms with Crippen LogP contribution in [-0.4, -0.2) is 65.9 Å². The Morgan fingerprint density at radius 1 is 1.07 bits per heavy atom. The summed E-state index contributed by atoms with van der Waals surface area (Å²) in [5, 5.41) is 9.14. The number of carbonyl (C=O) groups is 1. The van der Waals surface area contributed by atoms with Crippen LogP contribution in [0.1, 0.15) is 116 Å². The average Bonchev–Trinajstić information content (AvgIpc) is 3.44. The van der Waals surface area contributed by atoms with Gasteiger partial charge < -0.3 is 19.5 Å². The molecule has 2 heterocycles. The largest absolute Gasteiger partial charge is 0.473 e. The van der Waals surface area contributed by atoms with E-state index in [2.05, 4.69) is 36.6 Å². The van der Waals surface area contributed by atoms with Crippen molar-refractivity contribution in [3.63, 3.8) is 0 Å². The third kappa shape index (κ3) is 7.84. The second-order valence-corrected chi connectivity index (χ2v) is 14.0. The molecule has 6 nitrogen and oxygen atoms in total. The number of fused-ring (bicyclic) bond motifs is 1. The van der Waals surface area contributed by atoms with Crippen LogP contribution in [-0.2, 0) is 14.3 Å². The third-order valence-corrected chi connectivity index (χ3v) is 10.9. The van der Waals surface area contributed by atoms with Crippen molar-refractivity contribution >= 4 is 11.8 Å². The topological polar surface area (TPSA) is 71.4 Å². The van der Waals surface area contributed by atoms with E-state index >= 15 is 0 Å². The number of hydrogen-bond donors (Lipinski definition) is 1. The Morgan fingerprint density at radius 3 is 2.47 bits per heavy atom. The molecule has 240 valence electrons. The highest BCUT2D eigenvalue weighted by atomic mass is 16.5. The quantitative estimate of drug-likeness (QED) is 0.136. The maximum atomic E-state index is 14.8. The Morgan fingerprint density at radius 2 is 1.79 bits per heavy atom. The van der Waals surface area contributed by atoms with E-state index < -0.39 is 5.54 Å². The van der Waals surface area contributed by atoms with Gasteiger partial charge in [-0.2, -0.15) is 0 Å². The molecular formula is C37H58N2O4. The van der Waals surface area contributed by atoms with Crippen molar-refractivity contribution in [1.82, 2.24) is 4.90 Å². The molecule has 0 radical (unpaired) electrons. The van der Waals surface area contributed by atoms with Crippen molar-refractivity contribution in [2.24, 2.45) is 28.7 Å². The normalized spacial score (nSPS) is 33.0. The molecule has 6 heteroatoms. The fourth-order valence-corrected chi connectivity index (χ4v) is 8.49. The number of piperidine rings is 1. The number of aliphatic hydroxyl groups is 1. The highest BCUT2D eigenvalue weighted by Gasteiger charge is 2.60. The predicted octanol–water partition coefficient (Wildman–Crippen LogP) is 7.57. The van der Waals surface area contributed by atoms with Crippen LogP contribution in [0.3, 0.4) is 0 Å². The lowest BCUT2D eigenvalue weighted by Crippen LogP contribution is -2.63. The summed E-state index contributed by atoms with van der Waals surface area (Å²) < 4.78 is 13.0. The highest BCUT2D eigenvalue weighted by Crippen LogP contribution is 2.46. The van der Waals surface area contributed by atoms with Gasteiger partial charge in [-0.3, -0.25) is 4.79 Å². The molecule has 0 spiro atoms. The first-order chi connectivity index (χ1) is 21.1. The van der Waals surface area contributed by atoms with Crippen LogP contribution in [0.2, 0.25) is 0 Å². The zero-order valence-corrected chi connectivity index (χ0v) is 26.9. The van der Waals surface area contributed by atoms with E-state index in [0.29, 0.717) is 31.4 Å². The minimum absolute atomic E-state index is 0.106. The molecule has 2 unspecified atom stereocenters. The number of aliphatic hydroxyl groups excluding tert-OH is 1. The molecule has 0 bridgehead atoms. The van der Waals surface area contributed by atoms with Gasteiger partial charge in [-0.15, -0.1) is 0 Å². The van der Waals surface area contributed by atoms with E-state index in [4.69, 9.17) is 19.6 Å². The summed E-state index contributed by atoms with van der Waals surface area (Å²) in [6, 6.07) is 0. The summed E-state index contributed by atoms with van der Waals surface area (Å²) in [7, 11) is 0. The van der Waals surface area contributed by atoms with Gasteiger partial charge in [-0.1, -0.05) is 82.2 Å². The molecule has 3 saturated carbocycles. The van der Waals surface area contributed by atoms with Crippen LogP contribution >= 0.6 is 0 Å². The molecule has 4 fully saturated rings. The number of carbonyl (C=O) groups excluding carboxylic acids is 1. The lowest BCUT2D eigenvalue weighted by Gasteiger charge is -2.46. The summed E-state index contributed by atoms with van der Waals surface area (Å²) in [6.07, 6.45) is 27.8. The van der Waals surface area contributed by atoms with Crippen LogP contribution in [0.15, 0.2) is 41.4 Å². The maximum Gasteiger partial charge on any atom is 0.258 e. The minimum atomic E-state index is -0.979. The number of aliphatic imine (C=N–C) groups is 1. The van der Waals surface area contributed by atoms with Crippen molar-refractivity contribution < 1.29 is 19.4 Å². The monoisotopic (exact) mass is 594 g/mol. The Balaban J connectivity index is 1.46. The first-order valence-corrected chi connectivity index (χ1v) is 17.9. The molecule has 43 heavy (non-hydrogen) atoms. The maximum absolute atomic E-state index is 14.8. The fourth-order valence-electron chi connectivity index (χ4n) is 8.49. The lowest BCUT2D eigenvalue weighted by atomic mass is 9.73. The lowest BCUT2D eigenvalue weighted by molar-refractivity contribution is -0.145. The minimum Gasteiger partial charge on any atom is -0.473 e. The summed E-state index contributed by atoms with van der Waals surface area (Å²) in [4.78, 5) is 22.4. The third-order valence-electron chi connectivity index (χ3n) is 10.9. The van der Waals surface area contributed by atoms with E-state index in [1.807, 2.05) is 6.08 Å². The summed E-state index contributed by atoms with van der Waals surface area (Å²) in [5.41, 5.74) is 0.365. The van der Waals surface area contributed by atoms with Crippen molar-refractivity contribution in [3.05, 3.63) is 36.5 Å². The number of ether oxygens (including phenoxy) is 2. The van der Waals surface area contributed by atoms with Gasteiger partial charge in [0.2, 0.25) is 0 Å². The zero-order valence-electron chi connectivity index (χ0n) is 26.9. The number of likely N-dealkylation sites (tertiary alicyclic amines) is 1. The summed E-state index contributed by atoms with van der Waals surface area (Å²) >= 11 is 0. The van der Waals surface area contributed by atoms with Gasteiger partial charge in [0, 0.05) is 38.1 Å². The average molecular weight is 595 g/mol. The van der Waals surface area contributed by atoms with E-state index in [9.17, 15) is 4.79 Å². The van der Waals surface area contributed by atoms with Gasteiger partial charge in [0.15, 0.2) is 11.4 Å². The molecule has 3 aliphatic carbocycles. The molecule has 1 saturated heterocycles. The van der Waals surface area contributed by atoms with Gasteiger partial charge >= 0.3 is 0 Å². The van der Waals surface area contributed by atoms with Crippen molar-refractivity contribution in [3.8, 4) is 0 Å². The summed E-state index contributed by atoms with van der Waals surface area (Å²) in [6.45, 7) is 8.64. The van der Waals surface area contributed by atoms with Crippen molar-refractivity contribution in [1.29, 1.82) is 0 Å². The summed E-state index contributed by atoms with van der Waals surface area (Å²) in [5.74, 6) is 2.40. The van der Waals surface area contributed by atoms with Crippen LogP contribution < -0.4 is 0 Å². The number of allylic oxidation sites excluding steroid dienone is 3. The molecule has 1 N–H and O–H groups in total. The molecule has 1 amide bonds. The van der Waals surface area contributed by atoms with Crippen LogP contribution in [0.4, 0.5) is 0 Å². The molecule has 2 aliphatic heterocycles. The smallest absolute Gasteiger partial charge is 0.258 e. The van der Waals surface area contributed by atoms with Gasteiger partial charge in [-0.05, 0) is 82.1 Å². The van der Waals surface area contributed by atoms with E-state index in [1.54, 1.807) is 0 Å². The second kappa shape index (κ2) is 15.9. The van der Waals surface area contributed by atoms with E-state index in [1.165, 1.54) is 69.8 Å². The van der Waals surface area contributed by atoms with Crippen LogP contribution in [0, 0.1) is 23.7 Å². The Labute approximate surface area is 261 Å². The standard InChI is InChI=1S/C37H58N2O4/c1-3-12-30(13-4-2)33-27-39(26-29-16-9-6-10-17-29)36(41)37(23-22-28-14-7-5-8-15-28)34(33)43-35(38-37)31-18-20-32(21-19-31)42-25-11-24-40/h3,12,22-23,28-29,31-34,40H,1,4-11,13-21,24-27H2,2H3/b23-22?,30-12-/t31?,32?,33?,34-,37?/m1/s1. The second-order valence-electron chi connectivity index (χ2n) is 14.0. The van der Waals surface area contributed by atoms with Crippen molar-refractivity contribution in [2.45, 2.75) is 134 Å². The van der Waals surface area contributed by atoms with E-state index in [0.717, 1.165) is 51.0 Å².